The third kappa shape index (κ3) is 6.82. The number of anilines is 2. The molecule has 3 aliphatic heterocycles. The van der Waals surface area contributed by atoms with Crippen molar-refractivity contribution in [1.29, 1.82) is 5.26 Å². The summed E-state index contributed by atoms with van der Waals surface area (Å²) in [6.45, 7) is 5.58. The Morgan fingerprint density at radius 2 is 1.92 bits per heavy atom. The van der Waals surface area contributed by atoms with Gasteiger partial charge in [-0.3, -0.25) is 9.78 Å². The number of carbonyl (C=O) groups is 1. The summed E-state index contributed by atoms with van der Waals surface area (Å²) in [5, 5.41) is 12.5. The average molecular weight is 695 g/mol. The number of aryl methyl sites for hydroxylation is 1. The van der Waals surface area contributed by atoms with Gasteiger partial charge in [-0.25, -0.2) is 4.39 Å². The summed E-state index contributed by atoms with van der Waals surface area (Å²) in [5.41, 5.74) is 4.10. The molecule has 2 aromatic carbocycles. The predicted molar refractivity (Wildman–Crippen MR) is 193 cm³/mol. The van der Waals surface area contributed by atoms with Crippen LogP contribution in [0.3, 0.4) is 0 Å². The fourth-order valence-electron chi connectivity index (χ4n) is 7.38. The molecule has 0 aliphatic carbocycles. The van der Waals surface area contributed by atoms with E-state index >= 15 is 4.39 Å². The zero-order valence-electron chi connectivity index (χ0n) is 28.4. The number of carbonyl (C=O) groups excluding carboxylic acids is 1. The first-order valence-electron chi connectivity index (χ1n) is 17.2. The van der Waals surface area contributed by atoms with Gasteiger partial charge < -0.3 is 24.3 Å². The molecule has 2 atom stereocenters. The summed E-state index contributed by atoms with van der Waals surface area (Å²) < 4.78 is 21.7. The van der Waals surface area contributed by atoms with Crippen LogP contribution in [-0.2, 0) is 17.8 Å². The first kappa shape index (κ1) is 33.7. The Bertz CT molecular complexity index is 1980. The molecule has 10 nitrogen and oxygen atoms in total. The molecule has 2 aromatic heterocycles. The van der Waals surface area contributed by atoms with Crippen molar-refractivity contribution in [2.24, 2.45) is 0 Å². The summed E-state index contributed by atoms with van der Waals surface area (Å²) in [7, 11) is 2.11. The largest absolute Gasteiger partial charge is 0.462 e. The highest BCUT2D eigenvalue weighted by atomic mass is 35.5. The molecule has 258 valence electrons. The van der Waals surface area contributed by atoms with Gasteiger partial charge in [0.05, 0.1) is 41.5 Å². The minimum Gasteiger partial charge on any atom is -0.462 e. The molecule has 3 aliphatic rings. The Hall–Kier alpha value is -4.79. The highest BCUT2D eigenvalue weighted by molar-refractivity contribution is 6.36. The molecule has 50 heavy (non-hydrogen) atoms. The second-order valence-electron chi connectivity index (χ2n) is 13.3. The lowest BCUT2D eigenvalue weighted by Crippen LogP contribution is -2.56. The number of nitrogens with zero attached hydrogens (tertiary/aromatic N) is 8. The highest BCUT2D eigenvalue weighted by Gasteiger charge is 2.35. The molecule has 0 bridgehead atoms. The van der Waals surface area contributed by atoms with Crippen molar-refractivity contribution in [3.63, 3.8) is 0 Å². The van der Waals surface area contributed by atoms with E-state index in [1.54, 1.807) is 12.3 Å². The van der Waals surface area contributed by atoms with Crippen LogP contribution < -0.4 is 14.5 Å². The van der Waals surface area contributed by atoms with E-state index in [2.05, 4.69) is 51.0 Å². The number of likely N-dealkylation sites (N-methyl/N-ethyl adjacent to an activating group) is 1. The normalized spacial score (nSPS) is 19.8. The molecule has 0 radical (unpaired) electrons. The first-order chi connectivity index (χ1) is 24.3. The highest BCUT2D eigenvalue weighted by Crippen LogP contribution is 2.37. The minimum atomic E-state index is -0.899. The van der Waals surface area contributed by atoms with Crippen molar-refractivity contribution in [3.8, 4) is 12.1 Å². The number of pyridine rings is 1. The topological polar surface area (TPSA) is 102 Å². The van der Waals surface area contributed by atoms with Crippen LogP contribution in [-0.4, -0.2) is 89.1 Å². The van der Waals surface area contributed by atoms with E-state index in [4.69, 9.17) is 26.3 Å². The lowest BCUT2D eigenvalue weighted by molar-refractivity contribution is -0.131. The summed E-state index contributed by atoms with van der Waals surface area (Å²) in [6, 6.07) is 18.0. The molecule has 12 heteroatoms. The number of amides is 1. The van der Waals surface area contributed by atoms with E-state index in [0.29, 0.717) is 55.4 Å². The summed E-state index contributed by atoms with van der Waals surface area (Å²) in [5.74, 6) is -0.895. The van der Waals surface area contributed by atoms with Gasteiger partial charge in [0.1, 0.15) is 12.4 Å². The monoisotopic (exact) mass is 694 g/mol. The molecule has 2 fully saturated rings. The van der Waals surface area contributed by atoms with Crippen LogP contribution in [0.5, 0.6) is 6.01 Å². The first-order valence-corrected chi connectivity index (χ1v) is 17.5. The number of hydrogen-bond acceptors (Lipinski definition) is 9. The molecule has 7 rings (SSSR count). The maximum Gasteiger partial charge on any atom is 0.318 e. The zero-order valence-corrected chi connectivity index (χ0v) is 29.1. The molecule has 0 saturated carbocycles. The number of likely N-dealkylation sites (tertiary alicyclic amines) is 1. The van der Waals surface area contributed by atoms with Gasteiger partial charge >= 0.3 is 6.01 Å². The molecule has 0 spiro atoms. The third-order valence-corrected chi connectivity index (χ3v) is 10.5. The smallest absolute Gasteiger partial charge is 0.318 e. The Kier molecular flexibility index (Phi) is 9.83. The van der Waals surface area contributed by atoms with Crippen molar-refractivity contribution in [1.82, 2.24) is 24.8 Å². The Morgan fingerprint density at radius 3 is 2.70 bits per heavy atom. The fraction of sp³-hybridized carbons (Fsp3) is 0.395. The van der Waals surface area contributed by atoms with Gasteiger partial charge in [0.15, 0.2) is 5.83 Å². The van der Waals surface area contributed by atoms with Crippen LogP contribution in [0.15, 0.2) is 60.6 Å². The van der Waals surface area contributed by atoms with E-state index in [0.717, 1.165) is 65.0 Å². The number of fused-ring (bicyclic) bond motifs is 2. The second-order valence-corrected chi connectivity index (χ2v) is 13.7. The molecule has 0 unspecified atom stereocenters. The van der Waals surface area contributed by atoms with Crippen LogP contribution in [0.1, 0.15) is 41.8 Å². The zero-order chi connectivity index (χ0) is 34.8. The van der Waals surface area contributed by atoms with Crippen molar-refractivity contribution in [2.75, 3.05) is 56.2 Å². The lowest BCUT2D eigenvalue weighted by atomic mass is 10.0. The fourth-order valence-corrected chi connectivity index (χ4v) is 7.66. The molecule has 1 amide bonds. The number of piperazine rings is 1. The molecular weight excluding hydrogens is 655 g/mol. The Morgan fingerprint density at radius 1 is 1.08 bits per heavy atom. The molecule has 4 aromatic rings. The van der Waals surface area contributed by atoms with Crippen LogP contribution in [0.25, 0.3) is 16.8 Å². The molecular formula is C38H40ClFN8O2. The summed E-state index contributed by atoms with van der Waals surface area (Å²) in [6.07, 6.45) is 5.66. The van der Waals surface area contributed by atoms with Crippen molar-refractivity contribution >= 4 is 45.9 Å². The van der Waals surface area contributed by atoms with Crippen molar-refractivity contribution < 1.29 is 13.9 Å². The van der Waals surface area contributed by atoms with Crippen LogP contribution in [0, 0.1) is 18.3 Å². The Labute approximate surface area is 296 Å². The lowest BCUT2D eigenvalue weighted by Gasteiger charge is -2.42. The quantitative estimate of drug-likeness (QED) is 0.207. The van der Waals surface area contributed by atoms with Gasteiger partial charge in [0.2, 0.25) is 0 Å². The number of ether oxygens (including phenoxy) is 1. The number of aromatic nitrogens is 3. The van der Waals surface area contributed by atoms with E-state index in [9.17, 15) is 10.1 Å². The van der Waals surface area contributed by atoms with Crippen LogP contribution in [0.4, 0.5) is 15.9 Å². The van der Waals surface area contributed by atoms with Crippen molar-refractivity contribution in [3.05, 3.63) is 88.1 Å². The molecule has 2 saturated heterocycles. The van der Waals surface area contributed by atoms with Gasteiger partial charge in [-0.1, -0.05) is 41.9 Å². The van der Waals surface area contributed by atoms with Crippen LogP contribution >= 0.6 is 11.6 Å². The third-order valence-electron chi connectivity index (χ3n) is 10.2. The molecule has 5 heterocycles. The Balaban J connectivity index is 1.18. The number of nitriles is 1. The van der Waals surface area contributed by atoms with E-state index in [1.165, 1.54) is 11.0 Å². The van der Waals surface area contributed by atoms with Gasteiger partial charge in [-0.05, 0) is 68.9 Å². The summed E-state index contributed by atoms with van der Waals surface area (Å²) >= 11 is 6.73. The number of benzene rings is 2. The SMILES string of the molecule is Cc1cccnc1/C=C(\F)C(=O)N1CCN(c2nc(OC[C@@H]3CCCN3C)nc3c2CCN(c2cccc4cccc(Cl)c24)C3)C[C@@H]1CC#N. The minimum absolute atomic E-state index is 0.0540. The van der Waals surface area contributed by atoms with Crippen molar-refractivity contribution in [2.45, 2.75) is 51.2 Å². The number of halogens is 2. The van der Waals surface area contributed by atoms with E-state index < -0.39 is 17.8 Å². The number of hydrogen-bond donors (Lipinski definition) is 0. The second kappa shape index (κ2) is 14.6. The van der Waals surface area contributed by atoms with Crippen LogP contribution in [0.2, 0.25) is 5.02 Å². The predicted octanol–water partition coefficient (Wildman–Crippen LogP) is 5.96. The van der Waals surface area contributed by atoms with E-state index in [-0.39, 0.29) is 13.0 Å². The van der Waals surface area contributed by atoms with Gasteiger partial charge in [-0.2, -0.15) is 15.2 Å². The van der Waals surface area contributed by atoms with Gasteiger partial charge in [0, 0.05) is 61.1 Å². The van der Waals surface area contributed by atoms with Gasteiger partial charge in [0.25, 0.3) is 5.91 Å². The maximum absolute atomic E-state index is 15.4. The average Bonchev–Trinajstić information content (AvgIpc) is 3.55. The maximum atomic E-state index is 15.4. The van der Waals surface area contributed by atoms with E-state index in [1.807, 2.05) is 31.2 Å². The molecule has 0 N–H and O–H groups in total. The standard InChI is InChI=1S/C38H40ClFN8O2/c1-25-7-5-16-42-32(25)21-31(40)37(49)48-20-19-47(22-27(48)13-15-41)36-29-14-18-46(34-12-4-9-26-8-3-11-30(39)35(26)34)23-33(29)43-38(44-36)50-24-28-10-6-17-45(28)2/h3-5,7-9,11-12,16,21,27-28H,6,10,13-14,17-20,22-24H2,1-2H3/b31-21-/t27-,28-/m0/s1. The summed E-state index contributed by atoms with van der Waals surface area (Å²) in [4.78, 5) is 35.7. The number of rotatable bonds is 8. The van der Waals surface area contributed by atoms with Gasteiger partial charge in [-0.15, -0.1) is 0 Å².